The topological polar surface area (TPSA) is 98.3 Å². The molecule has 0 atom stereocenters. The average molecular weight is 391 g/mol. The first-order chi connectivity index (χ1) is 13.1. The molecule has 0 amide bonds. The molecular formula is C19H16F3N3O3. The van der Waals surface area contributed by atoms with Gasteiger partial charge >= 0.3 is 12.1 Å². The molecule has 0 fully saturated rings. The van der Waals surface area contributed by atoms with Gasteiger partial charge in [0.25, 0.3) is 0 Å². The summed E-state index contributed by atoms with van der Waals surface area (Å²) in [6, 6.07) is 4.49. The van der Waals surface area contributed by atoms with E-state index in [0.29, 0.717) is 23.1 Å². The number of aromatic carboxylic acids is 1. The number of alkyl halides is 3. The molecule has 2 aromatic carbocycles. The van der Waals surface area contributed by atoms with Crippen molar-refractivity contribution in [2.75, 3.05) is 12.8 Å². The summed E-state index contributed by atoms with van der Waals surface area (Å²) < 4.78 is 44.4. The van der Waals surface area contributed by atoms with Crippen LogP contribution in [0.3, 0.4) is 0 Å². The van der Waals surface area contributed by atoms with E-state index in [1.165, 1.54) is 7.11 Å². The Morgan fingerprint density at radius 1 is 1.21 bits per heavy atom. The molecule has 0 bridgehead atoms. The van der Waals surface area contributed by atoms with Crippen molar-refractivity contribution in [2.24, 2.45) is 0 Å². The molecule has 0 saturated heterocycles. The molecule has 0 saturated carbocycles. The minimum Gasteiger partial charge on any atom is -0.496 e. The third-order valence-corrected chi connectivity index (χ3v) is 4.49. The molecular weight excluding hydrogens is 375 g/mol. The van der Waals surface area contributed by atoms with Crippen molar-refractivity contribution in [3.05, 3.63) is 46.8 Å². The number of aromatic nitrogens is 2. The quantitative estimate of drug-likeness (QED) is 0.649. The van der Waals surface area contributed by atoms with Crippen LogP contribution in [0.5, 0.6) is 5.75 Å². The van der Waals surface area contributed by atoms with Gasteiger partial charge in [-0.05, 0) is 42.7 Å². The van der Waals surface area contributed by atoms with Crippen molar-refractivity contribution in [3.8, 4) is 16.9 Å². The summed E-state index contributed by atoms with van der Waals surface area (Å²) in [5.41, 5.74) is 6.46. The number of nitrogens with two attached hydrogens (primary N) is 1. The minimum absolute atomic E-state index is 0.0787. The Kier molecular flexibility index (Phi) is 4.62. The van der Waals surface area contributed by atoms with E-state index in [4.69, 9.17) is 10.5 Å². The molecule has 146 valence electrons. The first-order valence-electron chi connectivity index (χ1n) is 8.10. The second-order valence-electron chi connectivity index (χ2n) is 6.22. The maximum atomic E-state index is 13.0. The van der Waals surface area contributed by atoms with Gasteiger partial charge in [-0.25, -0.2) is 9.78 Å². The van der Waals surface area contributed by atoms with Crippen LogP contribution in [0.25, 0.3) is 22.2 Å². The molecule has 0 radical (unpaired) electrons. The number of aryl methyl sites for hydroxylation is 1. The summed E-state index contributed by atoms with van der Waals surface area (Å²) in [7, 11) is 1.48. The third kappa shape index (κ3) is 3.08. The molecule has 0 aliphatic rings. The molecule has 1 aromatic heterocycles. The van der Waals surface area contributed by atoms with Gasteiger partial charge in [0, 0.05) is 5.56 Å². The summed E-state index contributed by atoms with van der Waals surface area (Å²) >= 11 is 0. The van der Waals surface area contributed by atoms with Crippen molar-refractivity contribution in [1.82, 2.24) is 9.97 Å². The van der Waals surface area contributed by atoms with Gasteiger partial charge in [-0.3, -0.25) is 4.98 Å². The van der Waals surface area contributed by atoms with E-state index < -0.39 is 17.8 Å². The van der Waals surface area contributed by atoms with Gasteiger partial charge in [0.15, 0.2) is 5.69 Å². The third-order valence-electron chi connectivity index (χ3n) is 4.49. The maximum Gasteiger partial charge on any atom is 0.434 e. The van der Waals surface area contributed by atoms with Crippen LogP contribution in [0.2, 0.25) is 0 Å². The predicted octanol–water partition coefficient (Wildman–Crippen LogP) is 4.22. The summed E-state index contributed by atoms with van der Waals surface area (Å²) in [5.74, 6) is -0.855. The molecule has 28 heavy (non-hydrogen) atoms. The second-order valence-corrected chi connectivity index (χ2v) is 6.22. The average Bonchev–Trinajstić information content (AvgIpc) is 2.61. The number of hydrogen-bond donors (Lipinski definition) is 2. The number of nitrogen functional groups attached to an aromatic ring is 1. The summed E-state index contributed by atoms with van der Waals surface area (Å²) in [6.07, 6.45) is -4.11. The van der Waals surface area contributed by atoms with Crippen LogP contribution in [0, 0.1) is 13.8 Å². The molecule has 3 aromatic rings. The number of carbonyl (C=O) groups is 1. The largest absolute Gasteiger partial charge is 0.496 e. The van der Waals surface area contributed by atoms with Crippen LogP contribution in [0.15, 0.2) is 24.4 Å². The number of ether oxygens (including phenoxy) is 1. The fourth-order valence-electron chi connectivity index (χ4n) is 3.17. The van der Waals surface area contributed by atoms with Gasteiger partial charge in [0.1, 0.15) is 5.75 Å². The van der Waals surface area contributed by atoms with Crippen LogP contribution in [-0.2, 0) is 6.18 Å². The number of carboxylic acids is 1. The Hall–Kier alpha value is -3.36. The Labute approximate surface area is 157 Å². The van der Waals surface area contributed by atoms with E-state index in [1.807, 2.05) is 0 Å². The van der Waals surface area contributed by atoms with Crippen molar-refractivity contribution < 1.29 is 27.8 Å². The highest BCUT2D eigenvalue weighted by atomic mass is 19.4. The summed E-state index contributed by atoms with van der Waals surface area (Å²) in [4.78, 5) is 19.2. The Morgan fingerprint density at radius 2 is 1.89 bits per heavy atom. The van der Waals surface area contributed by atoms with Gasteiger partial charge in [-0.1, -0.05) is 6.07 Å². The number of anilines is 1. The second kappa shape index (κ2) is 6.66. The first kappa shape index (κ1) is 19.4. The normalized spacial score (nSPS) is 11.6. The lowest BCUT2D eigenvalue weighted by Gasteiger charge is -2.18. The number of benzene rings is 2. The lowest BCUT2D eigenvalue weighted by Crippen LogP contribution is -2.11. The zero-order chi connectivity index (χ0) is 20.8. The molecule has 3 N–H and O–H groups in total. The zero-order valence-electron chi connectivity index (χ0n) is 15.2. The van der Waals surface area contributed by atoms with Crippen molar-refractivity contribution >= 4 is 22.7 Å². The molecule has 6 nitrogen and oxygen atoms in total. The monoisotopic (exact) mass is 391 g/mol. The number of hydrogen-bond acceptors (Lipinski definition) is 5. The highest BCUT2D eigenvalue weighted by molar-refractivity contribution is 6.08. The lowest BCUT2D eigenvalue weighted by atomic mass is 9.91. The van der Waals surface area contributed by atoms with E-state index >= 15 is 0 Å². The summed E-state index contributed by atoms with van der Waals surface area (Å²) in [5, 5.41) is 9.49. The summed E-state index contributed by atoms with van der Waals surface area (Å²) in [6.45, 7) is 3.52. The smallest absolute Gasteiger partial charge is 0.434 e. The van der Waals surface area contributed by atoms with E-state index in [2.05, 4.69) is 9.97 Å². The van der Waals surface area contributed by atoms with Crippen molar-refractivity contribution in [2.45, 2.75) is 20.0 Å². The molecule has 3 rings (SSSR count). The number of rotatable bonds is 3. The van der Waals surface area contributed by atoms with Crippen molar-refractivity contribution in [3.63, 3.8) is 0 Å². The number of fused-ring (bicyclic) bond motifs is 1. The fraction of sp³-hybridized carbons (Fsp3) is 0.211. The Balaban J connectivity index is 2.49. The molecule has 0 aliphatic heterocycles. The lowest BCUT2D eigenvalue weighted by molar-refractivity contribution is -0.141. The van der Waals surface area contributed by atoms with Gasteiger partial charge < -0.3 is 15.6 Å². The molecule has 9 heteroatoms. The van der Waals surface area contributed by atoms with Crippen LogP contribution >= 0.6 is 0 Å². The Morgan fingerprint density at radius 3 is 2.46 bits per heavy atom. The molecule has 0 unspecified atom stereocenters. The van der Waals surface area contributed by atoms with Crippen LogP contribution in [0.1, 0.15) is 27.2 Å². The van der Waals surface area contributed by atoms with E-state index in [0.717, 1.165) is 11.6 Å². The maximum absolute atomic E-state index is 13.0. The van der Waals surface area contributed by atoms with Gasteiger partial charge in [0.2, 0.25) is 0 Å². The zero-order valence-corrected chi connectivity index (χ0v) is 15.2. The van der Waals surface area contributed by atoms with Gasteiger partial charge in [-0.2, -0.15) is 13.2 Å². The predicted molar refractivity (Wildman–Crippen MR) is 97.4 cm³/mol. The highest BCUT2D eigenvalue weighted by Crippen LogP contribution is 2.41. The fourth-order valence-corrected chi connectivity index (χ4v) is 3.17. The van der Waals surface area contributed by atoms with Crippen LogP contribution < -0.4 is 10.5 Å². The molecule has 1 heterocycles. The first-order valence-corrected chi connectivity index (χ1v) is 8.10. The molecule has 0 spiro atoms. The van der Waals surface area contributed by atoms with E-state index in [1.54, 1.807) is 26.0 Å². The van der Waals surface area contributed by atoms with E-state index in [9.17, 15) is 23.1 Å². The minimum atomic E-state index is -4.71. The highest BCUT2D eigenvalue weighted by Gasteiger charge is 2.34. The number of methoxy groups -OCH3 is 1. The number of nitrogens with zero attached hydrogens (tertiary/aromatic N) is 2. The van der Waals surface area contributed by atoms with Gasteiger partial charge in [-0.15, -0.1) is 0 Å². The van der Waals surface area contributed by atoms with Crippen LogP contribution in [-0.4, -0.2) is 28.2 Å². The number of halogens is 3. The van der Waals surface area contributed by atoms with Crippen molar-refractivity contribution in [1.29, 1.82) is 0 Å². The van der Waals surface area contributed by atoms with Crippen LogP contribution in [0.4, 0.5) is 18.9 Å². The number of carboxylic acid groups (broad SMARTS) is 1. The SMILES string of the molecule is COc1ccc(C)c(-c2c(N)c(C(=O)O)cc3nc(C(F)(F)F)cnc23)c1C. The molecule has 0 aliphatic carbocycles. The van der Waals surface area contributed by atoms with Gasteiger partial charge in [0.05, 0.1) is 35.6 Å². The standard InChI is InChI=1S/C19H16F3N3O3/c1-8-4-5-12(28-3)9(2)14(8)15-16(23)10(18(26)27)6-11-17(15)24-7-13(25-11)19(20,21)22/h4-7H,23H2,1-3H3,(H,26,27). The Bertz CT molecular complexity index is 1110. The van der Waals surface area contributed by atoms with E-state index in [-0.39, 0.29) is 27.8 Å².